The van der Waals surface area contributed by atoms with Crippen molar-refractivity contribution in [3.8, 4) is 0 Å². The topological polar surface area (TPSA) is 6.48 Å². The van der Waals surface area contributed by atoms with Crippen LogP contribution in [-0.2, 0) is 0 Å². The number of unbranched alkanes of at least 4 members (excludes halogenated alkanes) is 8. The third kappa shape index (κ3) is 7.56. The first-order chi connectivity index (χ1) is 10.8. The maximum atomic E-state index is 2.59. The van der Waals surface area contributed by atoms with Gasteiger partial charge in [0.1, 0.15) is 6.17 Å². The quantitative estimate of drug-likeness (QED) is 0.355. The smallest absolute Gasteiger partial charge is 0.101 e. The zero-order valence-corrected chi connectivity index (χ0v) is 15.5. The monoisotopic (exact) mass is 308 g/mol. The van der Waals surface area contributed by atoms with E-state index < -0.39 is 0 Å². The lowest BCUT2D eigenvalue weighted by Gasteiger charge is -2.33. The molecular formula is C20H40N2. The van der Waals surface area contributed by atoms with E-state index in [1.165, 1.54) is 90.1 Å². The van der Waals surface area contributed by atoms with Crippen molar-refractivity contribution in [2.24, 2.45) is 0 Å². The average molecular weight is 309 g/mol. The van der Waals surface area contributed by atoms with Crippen LogP contribution in [0.25, 0.3) is 0 Å². The van der Waals surface area contributed by atoms with E-state index in [9.17, 15) is 0 Å². The Balaban J connectivity index is 2.26. The second-order valence-electron chi connectivity index (χ2n) is 6.87. The van der Waals surface area contributed by atoms with Crippen molar-refractivity contribution in [3.05, 3.63) is 12.4 Å². The Morgan fingerprint density at radius 2 is 1.05 bits per heavy atom. The molecule has 1 aliphatic rings. The average Bonchev–Trinajstić information content (AvgIpc) is 2.92. The van der Waals surface area contributed by atoms with Crippen LogP contribution in [0.1, 0.15) is 97.8 Å². The lowest BCUT2D eigenvalue weighted by Crippen LogP contribution is -2.39. The van der Waals surface area contributed by atoms with Crippen LogP contribution >= 0.6 is 0 Å². The highest BCUT2D eigenvalue weighted by Gasteiger charge is 2.24. The summed E-state index contributed by atoms with van der Waals surface area (Å²) >= 11 is 0. The molecule has 2 nitrogen and oxygen atoms in total. The number of rotatable bonds is 14. The summed E-state index contributed by atoms with van der Waals surface area (Å²) in [6.07, 6.45) is 21.8. The van der Waals surface area contributed by atoms with E-state index in [1.807, 2.05) is 0 Å². The van der Waals surface area contributed by atoms with Crippen LogP contribution in [0.15, 0.2) is 12.4 Å². The van der Waals surface area contributed by atoms with E-state index in [2.05, 4.69) is 43.0 Å². The van der Waals surface area contributed by atoms with Crippen molar-refractivity contribution < 1.29 is 0 Å². The standard InChI is InChI=1S/C20H40N2/c1-4-7-10-11-12-13-14-15-20-21(16-8-5-2)18-19-22(20)17-9-6-3/h18-20H,4-17H2,1-3H3. The second kappa shape index (κ2) is 12.8. The number of hydrogen-bond acceptors (Lipinski definition) is 2. The highest BCUT2D eigenvalue weighted by atomic mass is 15.4. The predicted octanol–water partition coefficient (Wildman–Crippen LogP) is 6.14. The van der Waals surface area contributed by atoms with E-state index in [0.29, 0.717) is 6.17 Å². The summed E-state index contributed by atoms with van der Waals surface area (Å²) < 4.78 is 0. The van der Waals surface area contributed by atoms with Crippen molar-refractivity contribution in [1.82, 2.24) is 9.80 Å². The van der Waals surface area contributed by atoms with Crippen molar-refractivity contribution in [2.45, 2.75) is 104 Å². The molecule has 1 aliphatic heterocycles. The summed E-state index contributed by atoms with van der Waals surface area (Å²) in [6, 6.07) is 0. The van der Waals surface area contributed by atoms with Crippen LogP contribution in [0.3, 0.4) is 0 Å². The minimum atomic E-state index is 0.647. The van der Waals surface area contributed by atoms with Gasteiger partial charge in [0, 0.05) is 25.5 Å². The summed E-state index contributed by atoms with van der Waals surface area (Å²) in [5, 5.41) is 0. The summed E-state index contributed by atoms with van der Waals surface area (Å²) in [5.74, 6) is 0. The molecule has 0 amide bonds. The minimum Gasteiger partial charge on any atom is -0.356 e. The molecule has 0 atom stereocenters. The Morgan fingerprint density at radius 3 is 1.55 bits per heavy atom. The van der Waals surface area contributed by atoms with Gasteiger partial charge in [-0.05, 0) is 25.7 Å². The van der Waals surface area contributed by atoms with Crippen molar-refractivity contribution >= 4 is 0 Å². The predicted molar refractivity (Wildman–Crippen MR) is 98.8 cm³/mol. The van der Waals surface area contributed by atoms with Gasteiger partial charge in [-0.1, -0.05) is 72.1 Å². The lowest BCUT2D eigenvalue weighted by atomic mass is 10.1. The molecule has 0 saturated carbocycles. The van der Waals surface area contributed by atoms with Gasteiger partial charge in [0.15, 0.2) is 0 Å². The van der Waals surface area contributed by atoms with Crippen LogP contribution in [0.2, 0.25) is 0 Å². The SMILES string of the molecule is CCCCCCCCCC1N(CCCC)C=CN1CCCC. The van der Waals surface area contributed by atoms with Crippen molar-refractivity contribution in [2.75, 3.05) is 13.1 Å². The summed E-state index contributed by atoms with van der Waals surface area (Å²) in [6.45, 7) is 9.34. The first-order valence-corrected chi connectivity index (χ1v) is 10.0. The zero-order chi connectivity index (χ0) is 16.0. The van der Waals surface area contributed by atoms with Gasteiger partial charge in [-0.2, -0.15) is 0 Å². The molecule has 130 valence electrons. The van der Waals surface area contributed by atoms with Crippen molar-refractivity contribution in [1.29, 1.82) is 0 Å². The van der Waals surface area contributed by atoms with E-state index in [1.54, 1.807) is 0 Å². The van der Waals surface area contributed by atoms with E-state index in [4.69, 9.17) is 0 Å². The van der Waals surface area contributed by atoms with E-state index >= 15 is 0 Å². The molecule has 0 aliphatic carbocycles. The zero-order valence-electron chi connectivity index (χ0n) is 15.5. The Bertz CT molecular complexity index is 257. The van der Waals surface area contributed by atoms with Gasteiger partial charge in [0.2, 0.25) is 0 Å². The fourth-order valence-electron chi connectivity index (χ4n) is 3.30. The maximum absolute atomic E-state index is 2.59. The number of nitrogens with zero attached hydrogens (tertiary/aromatic N) is 2. The highest BCUT2D eigenvalue weighted by molar-refractivity contribution is 4.96. The fraction of sp³-hybridized carbons (Fsp3) is 0.900. The van der Waals surface area contributed by atoms with Gasteiger partial charge in [-0.3, -0.25) is 0 Å². The van der Waals surface area contributed by atoms with Gasteiger partial charge < -0.3 is 9.80 Å². The Hall–Kier alpha value is -0.660. The van der Waals surface area contributed by atoms with Crippen LogP contribution in [0.5, 0.6) is 0 Å². The van der Waals surface area contributed by atoms with Gasteiger partial charge in [-0.15, -0.1) is 0 Å². The van der Waals surface area contributed by atoms with Gasteiger partial charge in [0.25, 0.3) is 0 Å². The van der Waals surface area contributed by atoms with Crippen LogP contribution in [-0.4, -0.2) is 29.1 Å². The molecule has 0 N–H and O–H groups in total. The molecule has 22 heavy (non-hydrogen) atoms. The van der Waals surface area contributed by atoms with Crippen LogP contribution < -0.4 is 0 Å². The van der Waals surface area contributed by atoms with Crippen LogP contribution in [0, 0.1) is 0 Å². The molecule has 0 aromatic heterocycles. The molecule has 2 heteroatoms. The molecule has 0 bridgehead atoms. The molecule has 0 saturated heterocycles. The molecule has 1 heterocycles. The molecule has 0 spiro atoms. The van der Waals surface area contributed by atoms with Gasteiger partial charge >= 0.3 is 0 Å². The third-order valence-corrected chi connectivity index (χ3v) is 4.82. The van der Waals surface area contributed by atoms with E-state index in [-0.39, 0.29) is 0 Å². The summed E-state index contributed by atoms with van der Waals surface area (Å²) in [7, 11) is 0. The summed E-state index contributed by atoms with van der Waals surface area (Å²) in [5.41, 5.74) is 0. The molecule has 0 fully saturated rings. The van der Waals surface area contributed by atoms with Crippen molar-refractivity contribution in [3.63, 3.8) is 0 Å². The normalized spacial score (nSPS) is 15.2. The van der Waals surface area contributed by atoms with Gasteiger partial charge in [0.05, 0.1) is 0 Å². The second-order valence-corrected chi connectivity index (χ2v) is 6.87. The first-order valence-electron chi connectivity index (χ1n) is 10.0. The highest BCUT2D eigenvalue weighted by Crippen LogP contribution is 2.23. The Kier molecular flexibility index (Phi) is 11.3. The summed E-state index contributed by atoms with van der Waals surface area (Å²) in [4.78, 5) is 5.19. The minimum absolute atomic E-state index is 0.647. The molecule has 1 rings (SSSR count). The fourth-order valence-corrected chi connectivity index (χ4v) is 3.30. The molecule has 0 aromatic carbocycles. The van der Waals surface area contributed by atoms with Gasteiger partial charge in [-0.25, -0.2) is 0 Å². The lowest BCUT2D eigenvalue weighted by molar-refractivity contribution is 0.136. The third-order valence-electron chi connectivity index (χ3n) is 4.82. The Labute approximate surface area is 139 Å². The first kappa shape index (κ1) is 19.4. The van der Waals surface area contributed by atoms with Crippen LogP contribution in [0.4, 0.5) is 0 Å². The molecule has 0 radical (unpaired) electrons. The van der Waals surface area contributed by atoms with E-state index in [0.717, 1.165) is 0 Å². The molecular weight excluding hydrogens is 268 g/mol. The molecule has 0 unspecified atom stereocenters. The number of hydrogen-bond donors (Lipinski definition) is 0. The Morgan fingerprint density at radius 1 is 0.591 bits per heavy atom. The molecule has 0 aromatic rings. The maximum Gasteiger partial charge on any atom is 0.101 e. The largest absolute Gasteiger partial charge is 0.356 e.